The van der Waals surface area contributed by atoms with Crippen molar-refractivity contribution in [2.24, 2.45) is 0 Å². The first-order valence-electron chi connectivity index (χ1n) is 6.82. The second kappa shape index (κ2) is 7.53. The van der Waals surface area contributed by atoms with Gasteiger partial charge in [-0.1, -0.05) is 12.1 Å². The van der Waals surface area contributed by atoms with E-state index in [0.717, 1.165) is 5.56 Å². The quantitative estimate of drug-likeness (QED) is 0.839. The van der Waals surface area contributed by atoms with Crippen molar-refractivity contribution >= 4 is 12.0 Å². The van der Waals surface area contributed by atoms with Crippen molar-refractivity contribution in [3.63, 3.8) is 0 Å². The van der Waals surface area contributed by atoms with Crippen LogP contribution >= 0.6 is 0 Å². The minimum atomic E-state index is -0.930. The van der Waals surface area contributed by atoms with Gasteiger partial charge in [-0.3, -0.25) is 0 Å². The van der Waals surface area contributed by atoms with Gasteiger partial charge in [0, 0.05) is 19.1 Å². The van der Waals surface area contributed by atoms with Crippen molar-refractivity contribution in [2.75, 3.05) is 13.1 Å². The molecule has 2 N–H and O–H groups in total. The van der Waals surface area contributed by atoms with Gasteiger partial charge in [-0.15, -0.1) is 0 Å². The molecule has 0 aliphatic carbocycles. The van der Waals surface area contributed by atoms with Crippen LogP contribution in [0.15, 0.2) is 24.3 Å². The molecule has 0 aliphatic rings. The Balaban J connectivity index is 2.44. The summed E-state index contributed by atoms with van der Waals surface area (Å²) in [5.74, 6) is -0.930. The molecule has 0 saturated carbocycles. The number of carboxylic acid groups (broad SMARTS) is 1. The lowest BCUT2D eigenvalue weighted by Crippen LogP contribution is -2.44. The predicted octanol–water partition coefficient (Wildman–Crippen LogP) is 2.37. The molecule has 0 aliphatic heterocycles. The number of hydrogen-bond acceptors (Lipinski definition) is 2. The lowest BCUT2D eigenvalue weighted by atomic mass is 10.1. The Kier molecular flexibility index (Phi) is 6.03. The maximum atomic E-state index is 11.9. The van der Waals surface area contributed by atoms with Crippen LogP contribution in [0.4, 0.5) is 4.79 Å². The first kappa shape index (κ1) is 16.0. The predicted molar refractivity (Wildman–Crippen MR) is 78.0 cm³/mol. The molecule has 1 aromatic rings. The monoisotopic (exact) mass is 278 g/mol. The van der Waals surface area contributed by atoms with Gasteiger partial charge in [-0.2, -0.15) is 0 Å². The van der Waals surface area contributed by atoms with E-state index in [-0.39, 0.29) is 17.6 Å². The molecule has 0 radical (unpaired) electrons. The molecule has 5 nitrogen and oxygen atoms in total. The number of nitrogens with zero attached hydrogens (tertiary/aromatic N) is 1. The standard InChI is InChI=1S/C15H22N2O3/c1-4-17(11(2)3)15(20)16-10-9-12-5-7-13(8-6-12)14(18)19/h5-8,11H,4,9-10H2,1-3H3,(H,16,20)(H,18,19). The summed E-state index contributed by atoms with van der Waals surface area (Å²) in [5, 5.41) is 11.7. The molecule has 20 heavy (non-hydrogen) atoms. The summed E-state index contributed by atoms with van der Waals surface area (Å²) >= 11 is 0. The van der Waals surface area contributed by atoms with Crippen molar-refractivity contribution < 1.29 is 14.7 Å². The van der Waals surface area contributed by atoms with Gasteiger partial charge in [0.1, 0.15) is 0 Å². The fourth-order valence-corrected chi connectivity index (χ4v) is 1.97. The maximum Gasteiger partial charge on any atom is 0.335 e. The number of amides is 2. The molecule has 1 aromatic carbocycles. The van der Waals surface area contributed by atoms with Crippen LogP contribution in [0.2, 0.25) is 0 Å². The van der Waals surface area contributed by atoms with Crippen LogP contribution in [-0.4, -0.2) is 41.1 Å². The van der Waals surface area contributed by atoms with Crippen molar-refractivity contribution in [3.05, 3.63) is 35.4 Å². The average molecular weight is 278 g/mol. The molecule has 0 unspecified atom stereocenters. The Hall–Kier alpha value is -2.04. The zero-order valence-electron chi connectivity index (χ0n) is 12.2. The first-order valence-corrected chi connectivity index (χ1v) is 6.82. The van der Waals surface area contributed by atoms with Gasteiger partial charge in [0.25, 0.3) is 0 Å². The topological polar surface area (TPSA) is 69.6 Å². The number of carbonyl (C=O) groups is 2. The summed E-state index contributed by atoms with van der Waals surface area (Å²) in [6.07, 6.45) is 0.682. The van der Waals surface area contributed by atoms with Crippen LogP contribution in [0.3, 0.4) is 0 Å². The Morgan fingerprint density at radius 2 is 1.85 bits per heavy atom. The molecular weight excluding hydrogens is 256 g/mol. The van der Waals surface area contributed by atoms with Gasteiger partial charge in [-0.25, -0.2) is 9.59 Å². The fraction of sp³-hybridized carbons (Fsp3) is 0.467. The van der Waals surface area contributed by atoms with Crippen LogP contribution < -0.4 is 5.32 Å². The van der Waals surface area contributed by atoms with E-state index in [1.807, 2.05) is 20.8 Å². The lowest BCUT2D eigenvalue weighted by Gasteiger charge is -2.25. The molecule has 0 heterocycles. The first-order chi connectivity index (χ1) is 9.45. The Labute approximate surface area is 119 Å². The van der Waals surface area contributed by atoms with E-state index in [4.69, 9.17) is 5.11 Å². The summed E-state index contributed by atoms with van der Waals surface area (Å²) in [6, 6.07) is 6.81. The average Bonchev–Trinajstić information content (AvgIpc) is 2.39. The highest BCUT2D eigenvalue weighted by atomic mass is 16.4. The molecule has 1 rings (SSSR count). The number of hydrogen-bond donors (Lipinski definition) is 2. The highest BCUT2D eigenvalue weighted by molar-refractivity contribution is 5.87. The number of aromatic carboxylic acids is 1. The Bertz CT molecular complexity index is 455. The van der Waals surface area contributed by atoms with E-state index < -0.39 is 5.97 Å². The number of rotatable bonds is 6. The third-order valence-corrected chi connectivity index (χ3v) is 3.12. The van der Waals surface area contributed by atoms with Crippen LogP contribution in [-0.2, 0) is 6.42 Å². The summed E-state index contributed by atoms with van der Waals surface area (Å²) in [5.41, 5.74) is 1.28. The van der Waals surface area contributed by atoms with E-state index >= 15 is 0 Å². The number of nitrogens with one attached hydrogen (secondary N) is 1. The number of carboxylic acids is 1. The second-order valence-corrected chi connectivity index (χ2v) is 4.86. The lowest BCUT2D eigenvalue weighted by molar-refractivity contribution is 0.0697. The van der Waals surface area contributed by atoms with E-state index in [0.29, 0.717) is 19.5 Å². The summed E-state index contributed by atoms with van der Waals surface area (Å²) in [4.78, 5) is 24.4. The number of carbonyl (C=O) groups excluding carboxylic acids is 1. The molecule has 2 amide bonds. The fourth-order valence-electron chi connectivity index (χ4n) is 1.97. The van der Waals surface area contributed by atoms with Crippen molar-refractivity contribution in [1.82, 2.24) is 10.2 Å². The van der Waals surface area contributed by atoms with Gasteiger partial charge in [-0.05, 0) is 44.9 Å². The molecule has 0 spiro atoms. The minimum Gasteiger partial charge on any atom is -0.478 e. The largest absolute Gasteiger partial charge is 0.478 e. The highest BCUT2D eigenvalue weighted by Gasteiger charge is 2.13. The molecule has 0 fully saturated rings. The molecule has 0 atom stereocenters. The Morgan fingerprint density at radius 1 is 1.25 bits per heavy atom. The second-order valence-electron chi connectivity index (χ2n) is 4.86. The summed E-state index contributed by atoms with van der Waals surface area (Å²) in [7, 11) is 0. The van der Waals surface area contributed by atoms with Gasteiger partial charge in [0.2, 0.25) is 0 Å². The molecule has 0 aromatic heterocycles. The van der Waals surface area contributed by atoms with Gasteiger partial charge in [0.15, 0.2) is 0 Å². The van der Waals surface area contributed by atoms with Crippen LogP contribution in [0.1, 0.15) is 36.7 Å². The number of benzene rings is 1. The van der Waals surface area contributed by atoms with Crippen LogP contribution in [0, 0.1) is 0 Å². The zero-order chi connectivity index (χ0) is 15.1. The third kappa shape index (κ3) is 4.57. The SMILES string of the molecule is CCN(C(=O)NCCc1ccc(C(=O)O)cc1)C(C)C. The smallest absolute Gasteiger partial charge is 0.335 e. The van der Waals surface area contributed by atoms with Crippen molar-refractivity contribution in [3.8, 4) is 0 Å². The van der Waals surface area contributed by atoms with E-state index in [1.165, 1.54) is 0 Å². The van der Waals surface area contributed by atoms with E-state index in [2.05, 4.69) is 5.32 Å². The maximum absolute atomic E-state index is 11.9. The minimum absolute atomic E-state index is 0.0651. The molecular formula is C15H22N2O3. The van der Waals surface area contributed by atoms with Crippen LogP contribution in [0.5, 0.6) is 0 Å². The van der Waals surface area contributed by atoms with E-state index in [9.17, 15) is 9.59 Å². The van der Waals surface area contributed by atoms with Crippen molar-refractivity contribution in [1.29, 1.82) is 0 Å². The van der Waals surface area contributed by atoms with Crippen LogP contribution in [0.25, 0.3) is 0 Å². The van der Waals surface area contributed by atoms with Crippen molar-refractivity contribution in [2.45, 2.75) is 33.2 Å². The Morgan fingerprint density at radius 3 is 2.30 bits per heavy atom. The van der Waals surface area contributed by atoms with E-state index in [1.54, 1.807) is 29.2 Å². The zero-order valence-corrected chi connectivity index (χ0v) is 12.2. The molecule has 5 heteroatoms. The van der Waals surface area contributed by atoms with Gasteiger partial charge in [0.05, 0.1) is 5.56 Å². The molecule has 0 saturated heterocycles. The number of urea groups is 1. The van der Waals surface area contributed by atoms with Gasteiger partial charge >= 0.3 is 12.0 Å². The summed E-state index contributed by atoms with van der Waals surface area (Å²) in [6.45, 7) is 7.12. The normalized spacial score (nSPS) is 10.4. The third-order valence-electron chi connectivity index (χ3n) is 3.12. The summed E-state index contributed by atoms with van der Waals surface area (Å²) < 4.78 is 0. The molecule has 110 valence electrons. The highest BCUT2D eigenvalue weighted by Crippen LogP contribution is 2.05. The molecule has 0 bridgehead atoms. The van der Waals surface area contributed by atoms with Gasteiger partial charge < -0.3 is 15.3 Å².